The molecule has 2 nitrogen and oxygen atoms in total. The molecule has 0 heterocycles. The first-order valence-electron chi connectivity index (χ1n) is 13.4. The van der Waals surface area contributed by atoms with Crippen LogP contribution in [0.1, 0.15) is 129 Å². The second-order valence-corrected chi connectivity index (χ2v) is 10.7. The molecular weight excluding hydrogens is 356 g/mol. The third kappa shape index (κ3) is 7.00. The molecule has 168 valence electrons. The number of esters is 1. The molecule has 0 bridgehead atoms. The number of hydrogen-bond donors (Lipinski definition) is 0. The van der Waals surface area contributed by atoms with Crippen molar-refractivity contribution in [3.05, 3.63) is 0 Å². The number of unbranched alkanes of at least 4 members (excludes halogenated alkanes) is 6. The molecule has 0 aromatic rings. The van der Waals surface area contributed by atoms with Crippen molar-refractivity contribution < 1.29 is 9.53 Å². The fourth-order valence-electron chi connectivity index (χ4n) is 7.02. The van der Waals surface area contributed by atoms with Crippen molar-refractivity contribution in [2.45, 2.75) is 136 Å². The van der Waals surface area contributed by atoms with Crippen LogP contribution in [0.15, 0.2) is 0 Å². The highest BCUT2D eigenvalue weighted by atomic mass is 16.5. The van der Waals surface area contributed by atoms with Crippen molar-refractivity contribution in [1.82, 2.24) is 0 Å². The summed E-state index contributed by atoms with van der Waals surface area (Å²) in [6.07, 6.45) is 23.7. The zero-order valence-corrected chi connectivity index (χ0v) is 19.5. The van der Waals surface area contributed by atoms with Gasteiger partial charge in [-0.05, 0) is 81.0 Å². The summed E-state index contributed by atoms with van der Waals surface area (Å²) in [5, 5.41) is 0. The first kappa shape index (κ1) is 23.1. The largest absolute Gasteiger partial charge is 0.462 e. The molecule has 4 unspecified atom stereocenters. The van der Waals surface area contributed by atoms with Gasteiger partial charge in [0.2, 0.25) is 0 Å². The minimum Gasteiger partial charge on any atom is -0.462 e. The van der Waals surface area contributed by atoms with Crippen LogP contribution in [0.3, 0.4) is 0 Å². The van der Waals surface area contributed by atoms with Crippen LogP contribution in [-0.4, -0.2) is 12.1 Å². The molecule has 3 saturated carbocycles. The Hall–Kier alpha value is -0.530. The second-order valence-electron chi connectivity index (χ2n) is 10.7. The molecule has 0 N–H and O–H groups in total. The van der Waals surface area contributed by atoms with Gasteiger partial charge < -0.3 is 4.74 Å². The van der Waals surface area contributed by atoms with Crippen molar-refractivity contribution in [2.75, 3.05) is 0 Å². The minimum absolute atomic E-state index is 0.0711. The summed E-state index contributed by atoms with van der Waals surface area (Å²) in [4.78, 5) is 12.2. The summed E-state index contributed by atoms with van der Waals surface area (Å²) in [5.74, 6) is 4.87. The molecule has 3 rings (SSSR count). The van der Waals surface area contributed by atoms with E-state index in [-0.39, 0.29) is 12.1 Å². The van der Waals surface area contributed by atoms with Gasteiger partial charge in [-0.2, -0.15) is 0 Å². The molecule has 0 aliphatic heterocycles. The lowest BCUT2D eigenvalue weighted by Gasteiger charge is -2.50. The zero-order chi connectivity index (χ0) is 20.5. The van der Waals surface area contributed by atoms with E-state index in [4.69, 9.17) is 4.74 Å². The van der Waals surface area contributed by atoms with Gasteiger partial charge in [0.1, 0.15) is 6.10 Å². The topological polar surface area (TPSA) is 26.3 Å². The van der Waals surface area contributed by atoms with E-state index in [1.165, 1.54) is 89.9 Å². The van der Waals surface area contributed by atoms with Gasteiger partial charge in [-0.25, -0.2) is 0 Å². The molecule has 0 aromatic heterocycles. The van der Waals surface area contributed by atoms with E-state index in [0.29, 0.717) is 6.42 Å². The number of rotatable bonds is 11. The Kier molecular flexibility index (Phi) is 9.86. The fraction of sp³-hybridized carbons (Fsp3) is 0.963. The first-order chi connectivity index (χ1) is 14.2. The molecular formula is C27H48O2. The number of fused-ring (bicyclic) bond motifs is 3. The van der Waals surface area contributed by atoms with Gasteiger partial charge in [0.25, 0.3) is 0 Å². The number of hydrogen-bond acceptors (Lipinski definition) is 2. The molecule has 0 spiro atoms. The Bertz CT molecular complexity index is 473. The predicted octanol–water partition coefficient (Wildman–Crippen LogP) is 8.08. The smallest absolute Gasteiger partial charge is 0.306 e. The normalized spacial score (nSPS) is 34.3. The van der Waals surface area contributed by atoms with Crippen molar-refractivity contribution >= 4 is 5.97 Å². The molecule has 2 heteroatoms. The van der Waals surface area contributed by atoms with E-state index in [9.17, 15) is 4.79 Å². The monoisotopic (exact) mass is 404 g/mol. The summed E-state index contributed by atoms with van der Waals surface area (Å²) in [7, 11) is 0. The zero-order valence-electron chi connectivity index (χ0n) is 19.5. The van der Waals surface area contributed by atoms with Crippen molar-refractivity contribution in [3.8, 4) is 0 Å². The molecule has 3 aliphatic rings. The van der Waals surface area contributed by atoms with E-state index in [1.54, 1.807) is 0 Å². The van der Waals surface area contributed by atoms with Crippen LogP contribution in [0.5, 0.6) is 0 Å². The van der Waals surface area contributed by atoms with E-state index in [2.05, 4.69) is 13.8 Å². The fourth-order valence-corrected chi connectivity index (χ4v) is 7.02. The third-order valence-corrected chi connectivity index (χ3v) is 8.60. The lowest BCUT2D eigenvalue weighted by molar-refractivity contribution is -0.153. The maximum Gasteiger partial charge on any atom is 0.306 e. The molecule has 3 aliphatic carbocycles. The van der Waals surface area contributed by atoms with Crippen molar-refractivity contribution in [2.24, 2.45) is 29.6 Å². The maximum absolute atomic E-state index is 12.2. The Balaban J connectivity index is 1.38. The van der Waals surface area contributed by atoms with E-state index in [0.717, 1.165) is 48.9 Å². The quantitative estimate of drug-likeness (QED) is 0.257. The third-order valence-electron chi connectivity index (χ3n) is 8.60. The van der Waals surface area contributed by atoms with Crippen LogP contribution < -0.4 is 0 Å². The predicted molar refractivity (Wildman–Crippen MR) is 122 cm³/mol. The maximum atomic E-state index is 12.2. The average Bonchev–Trinajstić information content (AvgIpc) is 2.74. The lowest BCUT2D eigenvalue weighted by atomic mass is 9.56. The average molecular weight is 405 g/mol. The number of carbonyl (C=O) groups is 1. The van der Waals surface area contributed by atoms with Crippen LogP contribution in [0.25, 0.3) is 0 Å². The van der Waals surface area contributed by atoms with Crippen LogP contribution in [0, 0.1) is 29.6 Å². The molecule has 0 saturated heterocycles. The highest BCUT2D eigenvalue weighted by molar-refractivity contribution is 5.69. The highest BCUT2D eigenvalue weighted by Crippen LogP contribution is 2.53. The van der Waals surface area contributed by atoms with E-state index in [1.807, 2.05) is 0 Å². The highest BCUT2D eigenvalue weighted by Gasteiger charge is 2.44. The number of carbonyl (C=O) groups excluding carboxylic acids is 1. The minimum atomic E-state index is 0.0711. The van der Waals surface area contributed by atoms with E-state index >= 15 is 0 Å². The Morgan fingerprint density at radius 1 is 0.724 bits per heavy atom. The summed E-state index contributed by atoms with van der Waals surface area (Å²) < 4.78 is 5.90. The lowest BCUT2D eigenvalue weighted by Crippen LogP contribution is -2.43. The first-order valence-corrected chi connectivity index (χ1v) is 13.4. The Labute approximate surface area is 180 Å². The summed E-state index contributed by atoms with van der Waals surface area (Å²) in [5.41, 5.74) is 0. The van der Waals surface area contributed by atoms with E-state index < -0.39 is 0 Å². The van der Waals surface area contributed by atoms with Crippen molar-refractivity contribution in [3.63, 3.8) is 0 Å². The summed E-state index contributed by atoms with van der Waals surface area (Å²) >= 11 is 0. The Morgan fingerprint density at radius 3 is 2.10 bits per heavy atom. The Morgan fingerprint density at radius 2 is 1.38 bits per heavy atom. The number of ether oxygens (including phenoxy) is 1. The molecule has 6 atom stereocenters. The molecule has 0 radical (unpaired) electrons. The van der Waals surface area contributed by atoms with Gasteiger partial charge in [-0.1, -0.05) is 71.6 Å². The molecule has 3 fully saturated rings. The van der Waals surface area contributed by atoms with Gasteiger partial charge in [-0.3, -0.25) is 4.79 Å². The SMILES string of the molecule is CCCCCCC(=O)O[C@H]1CCC2C(CCC3C[C@@H](CCCCCC)CCC32)C1. The molecule has 0 aromatic carbocycles. The van der Waals surface area contributed by atoms with Gasteiger partial charge in [0.05, 0.1) is 0 Å². The standard InChI is InChI=1S/C27H48O2/c1-3-5-7-9-11-21-13-17-25-22(19-21)14-15-23-20-24(16-18-26(23)25)29-27(28)12-10-8-6-4-2/h21-26H,3-20H2,1-2H3/t21-,22?,23?,24-,25?,26?/m0/s1. The van der Waals surface area contributed by atoms with Crippen LogP contribution in [0.2, 0.25) is 0 Å². The summed E-state index contributed by atoms with van der Waals surface area (Å²) in [6.45, 7) is 4.53. The molecule has 29 heavy (non-hydrogen) atoms. The van der Waals surface area contributed by atoms with Crippen LogP contribution >= 0.6 is 0 Å². The van der Waals surface area contributed by atoms with Crippen LogP contribution in [-0.2, 0) is 9.53 Å². The van der Waals surface area contributed by atoms with Gasteiger partial charge in [0.15, 0.2) is 0 Å². The summed E-state index contributed by atoms with van der Waals surface area (Å²) in [6, 6.07) is 0. The molecule has 0 amide bonds. The van der Waals surface area contributed by atoms with Gasteiger partial charge in [0, 0.05) is 6.42 Å². The van der Waals surface area contributed by atoms with Crippen LogP contribution in [0.4, 0.5) is 0 Å². The van der Waals surface area contributed by atoms with Gasteiger partial charge >= 0.3 is 5.97 Å². The second kappa shape index (κ2) is 12.4. The van der Waals surface area contributed by atoms with Gasteiger partial charge in [-0.15, -0.1) is 0 Å². The van der Waals surface area contributed by atoms with Crippen molar-refractivity contribution in [1.29, 1.82) is 0 Å².